The topological polar surface area (TPSA) is 82.1 Å². The highest BCUT2D eigenvalue weighted by atomic mass is 35.5. The minimum Gasteiger partial charge on any atom is -0.459 e. The Balaban J connectivity index is 0.00000118. The van der Waals surface area contributed by atoms with Gasteiger partial charge in [0.1, 0.15) is 19.0 Å². The van der Waals surface area contributed by atoms with Crippen molar-refractivity contribution in [1.82, 2.24) is 0 Å². The molecule has 1 unspecified atom stereocenters. The fraction of sp³-hybridized carbons (Fsp3) is 0.586. The lowest BCUT2D eigenvalue weighted by atomic mass is 9.82. The second kappa shape index (κ2) is 18.3. The number of ether oxygens (including phenoxy) is 3. The fourth-order valence-electron chi connectivity index (χ4n) is 3.91. The highest BCUT2D eigenvalue weighted by Gasteiger charge is 2.24. The molecule has 7 heteroatoms. The zero-order valence-corrected chi connectivity index (χ0v) is 22.9. The van der Waals surface area contributed by atoms with Gasteiger partial charge in [0.15, 0.2) is 0 Å². The summed E-state index contributed by atoms with van der Waals surface area (Å²) in [5.41, 5.74) is 3.19. The van der Waals surface area contributed by atoms with E-state index in [1.807, 2.05) is 0 Å². The number of esters is 1. The van der Waals surface area contributed by atoms with Crippen molar-refractivity contribution in [2.45, 2.75) is 83.3 Å². The van der Waals surface area contributed by atoms with E-state index in [-0.39, 0.29) is 24.4 Å². The van der Waals surface area contributed by atoms with Crippen LogP contribution < -0.4 is 0 Å². The molecule has 1 aromatic carbocycles. The number of allylic oxidation sites excluding steroid dienone is 1. The van der Waals surface area contributed by atoms with E-state index >= 15 is 0 Å². The average Bonchev–Trinajstić information content (AvgIpc) is 2.89. The minimum absolute atomic E-state index is 0.0307. The summed E-state index contributed by atoms with van der Waals surface area (Å²) in [5.74, 6) is -0.0918. The number of carbonyl (C=O) groups is 2. The molecular formula is C29H43ClO6. The fourth-order valence-corrected chi connectivity index (χ4v) is 4.19. The molecule has 0 bridgehead atoms. The van der Waals surface area contributed by atoms with Crippen LogP contribution in [0.25, 0.3) is 0 Å². The number of aliphatic hydroxyl groups is 1. The van der Waals surface area contributed by atoms with Crippen molar-refractivity contribution in [2.24, 2.45) is 0 Å². The molecule has 1 atom stereocenters. The molecule has 1 aromatic rings. The molecule has 0 heterocycles. The molecule has 2 rings (SSSR count). The second-order valence-corrected chi connectivity index (χ2v) is 9.70. The number of halogens is 1. The summed E-state index contributed by atoms with van der Waals surface area (Å²) in [6.45, 7) is 10.7. The standard InChI is InChI=1S/C25H37ClO5.C4H6O/c1-4-5-6-7-20-8-9-21(14-24(20)26)19-10-12-22(13-11-19)30-16-23(29-3)17-31-25(28)18(2)15-27;1-4(2)3-5/h8-9,14,19,22-23,27H,2,4-7,10-13,15-17H2,1,3H3;3H,1H2,2H3. The number of aldehydes is 1. The molecule has 0 radical (unpaired) electrons. The number of hydrogen-bond donors (Lipinski definition) is 1. The van der Waals surface area contributed by atoms with Gasteiger partial charge in [0.2, 0.25) is 0 Å². The SMILES string of the molecule is C=C(C)C=O.C=C(CO)C(=O)OCC(COC1CCC(c2ccc(CCCCC)c(Cl)c2)CC1)OC. The van der Waals surface area contributed by atoms with E-state index in [4.69, 9.17) is 30.9 Å². The van der Waals surface area contributed by atoms with Crippen molar-refractivity contribution in [2.75, 3.05) is 26.9 Å². The third-order valence-corrected chi connectivity index (χ3v) is 6.56. The number of carbonyl (C=O) groups excluding carboxylic acids is 2. The predicted molar refractivity (Wildman–Crippen MR) is 144 cm³/mol. The zero-order valence-electron chi connectivity index (χ0n) is 22.1. The highest BCUT2D eigenvalue weighted by molar-refractivity contribution is 6.31. The maximum Gasteiger partial charge on any atom is 0.335 e. The van der Waals surface area contributed by atoms with Crippen molar-refractivity contribution in [3.63, 3.8) is 0 Å². The summed E-state index contributed by atoms with van der Waals surface area (Å²) in [7, 11) is 1.56. The Morgan fingerprint density at radius 3 is 2.39 bits per heavy atom. The second-order valence-electron chi connectivity index (χ2n) is 9.30. The van der Waals surface area contributed by atoms with Gasteiger partial charge >= 0.3 is 5.97 Å². The van der Waals surface area contributed by atoms with Crippen LogP contribution in [0.15, 0.2) is 42.5 Å². The Bertz CT molecular complexity index is 829. The largest absolute Gasteiger partial charge is 0.459 e. The number of unbranched alkanes of at least 4 members (excludes halogenated alkanes) is 2. The van der Waals surface area contributed by atoms with Crippen LogP contribution >= 0.6 is 11.6 Å². The summed E-state index contributed by atoms with van der Waals surface area (Å²) in [6.07, 6.45) is 9.37. The van der Waals surface area contributed by atoms with Crippen LogP contribution in [0.4, 0.5) is 0 Å². The van der Waals surface area contributed by atoms with Crippen LogP contribution in [0.5, 0.6) is 0 Å². The van der Waals surface area contributed by atoms with Gasteiger partial charge in [0.05, 0.1) is 24.9 Å². The van der Waals surface area contributed by atoms with Gasteiger partial charge in [0.25, 0.3) is 0 Å². The molecule has 0 amide bonds. The van der Waals surface area contributed by atoms with Crippen LogP contribution in [0, 0.1) is 0 Å². The molecule has 0 saturated heterocycles. The first-order valence-electron chi connectivity index (χ1n) is 12.7. The summed E-state index contributed by atoms with van der Waals surface area (Å²) in [4.78, 5) is 21.0. The van der Waals surface area contributed by atoms with E-state index in [0.29, 0.717) is 18.1 Å². The third-order valence-electron chi connectivity index (χ3n) is 6.20. The Kier molecular flexibility index (Phi) is 16.3. The van der Waals surface area contributed by atoms with Crippen molar-refractivity contribution in [3.05, 3.63) is 58.7 Å². The number of aryl methyl sites for hydroxylation is 1. The van der Waals surface area contributed by atoms with Crippen molar-refractivity contribution >= 4 is 23.9 Å². The molecule has 6 nitrogen and oxygen atoms in total. The Labute approximate surface area is 221 Å². The van der Waals surface area contributed by atoms with Crippen LogP contribution in [-0.2, 0) is 30.2 Å². The minimum atomic E-state index is -0.611. The monoisotopic (exact) mass is 522 g/mol. The van der Waals surface area contributed by atoms with Gasteiger partial charge in [-0.05, 0) is 74.1 Å². The van der Waals surface area contributed by atoms with Gasteiger partial charge in [-0.15, -0.1) is 0 Å². The molecule has 1 saturated carbocycles. The smallest absolute Gasteiger partial charge is 0.335 e. The molecule has 202 valence electrons. The molecule has 0 aliphatic heterocycles. The van der Waals surface area contributed by atoms with Gasteiger partial charge < -0.3 is 19.3 Å². The molecule has 1 fully saturated rings. The van der Waals surface area contributed by atoms with E-state index in [0.717, 1.165) is 43.4 Å². The zero-order chi connectivity index (χ0) is 26.9. The normalized spacial score (nSPS) is 17.9. The molecule has 36 heavy (non-hydrogen) atoms. The Morgan fingerprint density at radius 1 is 1.19 bits per heavy atom. The number of hydrogen-bond acceptors (Lipinski definition) is 6. The maximum atomic E-state index is 11.6. The summed E-state index contributed by atoms with van der Waals surface area (Å²) < 4.78 is 16.5. The lowest BCUT2D eigenvalue weighted by Gasteiger charge is -2.30. The van der Waals surface area contributed by atoms with Crippen LogP contribution in [0.2, 0.25) is 5.02 Å². The van der Waals surface area contributed by atoms with Gasteiger partial charge in [-0.3, -0.25) is 4.79 Å². The summed E-state index contributed by atoms with van der Waals surface area (Å²) >= 11 is 6.54. The average molecular weight is 523 g/mol. The Morgan fingerprint density at radius 2 is 1.86 bits per heavy atom. The first kappa shape index (κ1) is 32.0. The number of aliphatic hydroxyl groups excluding tert-OH is 1. The van der Waals surface area contributed by atoms with E-state index < -0.39 is 12.6 Å². The van der Waals surface area contributed by atoms with Crippen molar-refractivity contribution in [3.8, 4) is 0 Å². The van der Waals surface area contributed by atoms with E-state index in [2.05, 4.69) is 38.3 Å². The van der Waals surface area contributed by atoms with Crippen LogP contribution in [0.3, 0.4) is 0 Å². The summed E-state index contributed by atoms with van der Waals surface area (Å²) in [6, 6.07) is 6.60. The van der Waals surface area contributed by atoms with Gasteiger partial charge in [-0.25, -0.2) is 4.79 Å². The van der Waals surface area contributed by atoms with Crippen molar-refractivity contribution < 1.29 is 28.9 Å². The van der Waals surface area contributed by atoms with Gasteiger partial charge in [-0.1, -0.05) is 56.7 Å². The van der Waals surface area contributed by atoms with E-state index in [9.17, 15) is 9.59 Å². The first-order valence-corrected chi connectivity index (χ1v) is 13.1. The molecule has 1 N–H and O–H groups in total. The molecule has 0 aromatic heterocycles. The summed E-state index contributed by atoms with van der Waals surface area (Å²) in [5, 5.41) is 9.81. The van der Waals surface area contributed by atoms with Crippen LogP contribution in [0.1, 0.15) is 75.8 Å². The Hall–Kier alpha value is -1.99. The molecular weight excluding hydrogens is 480 g/mol. The van der Waals surface area contributed by atoms with Gasteiger partial charge in [0, 0.05) is 12.1 Å². The lowest BCUT2D eigenvalue weighted by molar-refractivity contribution is -0.145. The van der Waals surface area contributed by atoms with Crippen LogP contribution in [-0.4, -0.2) is 56.5 Å². The molecule has 0 spiro atoms. The quantitative estimate of drug-likeness (QED) is 0.140. The molecule has 1 aliphatic rings. The number of rotatable bonds is 14. The molecule has 1 aliphatic carbocycles. The van der Waals surface area contributed by atoms with Crippen molar-refractivity contribution in [1.29, 1.82) is 0 Å². The van der Waals surface area contributed by atoms with Gasteiger partial charge in [-0.2, -0.15) is 0 Å². The third kappa shape index (κ3) is 12.3. The number of methoxy groups -OCH3 is 1. The number of benzene rings is 1. The van der Waals surface area contributed by atoms with E-state index in [1.54, 1.807) is 14.0 Å². The maximum absolute atomic E-state index is 11.6. The highest BCUT2D eigenvalue weighted by Crippen LogP contribution is 2.36. The lowest BCUT2D eigenvalue weighted by Crippen LogP contribution is -2.30. The van der Waals surface area contributed by atoms with E-state index in [1.165, 1.54) is 30.4 Å². The first-order chi connectivity index (χ1) is 17.2. The predicted octanol–water partition coefficient (Wildman–Crippen LogP) is 5.98.